The van der Waals surface area contributed by atoms with E-state index in [9.17, 15) is 0 Å². The van der Waals surface area contributed by atoms with Crippen LogP contribution in [-0.4, -0.2) is 7.11 Å². The molecule has 1 nitrogen and oxygen atoms in total. The Morgan fingerprint density at radius 2 is 1.42 bits per heavy atom. The molecule has 0 saturated heterocycles. The van der Waals surface area contributed by atoms with Crippen molar-refractivity contribution in [2.45, 2.75) is 11.3 Å². The van der Waals surface area contributed by atoms with Crippen LogP contribution in [-0.2, 0) is 6.42 Å². The lowest BCUT2D eigenvalue weighted by Crippen LogP contribution is -1.89. The minimum atomic E-state index is 0.872. The summed E-state index contributed by atoms with van der Waals surface area (Å²) in [7, 11) is 1.69. The Labute approximate surface area is 175 Å². The Morgan fingerprint density at radius 3 is 2.00 bits per heavy atom. The molecule has 0 N–H and O–H groups in total. The predicted octanol–water partition coefficient (Wildman–Crippen LogP) is 7.60. The normalized spacial score (nSPS) is 11.4. The van der Waals surface area contributed by atoms with Crippen LogP contribution in [0.2, 0.25) is 0 Å². The fourth-order valence-corrected chi connectivity index (χ4v) is 4.00. The summed E-state index contributed by atoms with van der Waals surface area (Å²) >= 11 is 8.80. The Hall–Kier alpha value is -1.49. The molecule has 0 amide bonds. The van der Waals surface area contributed by atoms with Crippen molar-refractivity contribution in [1.82, 2.24) is 0 Å². The third-order valence-corrected chi connectivity index (χ3v) is 5.89. The summed E-state index contributed by atoms with van der Waals surface area (Å²) in [5, 5.41) is 0. The summed E-state index contributed by atoms with van der Waals surface area (Å²) in [4.78, 5) is 2.52. The van der Waals surface area contributed by atoms with E-state index >= 15 is 0 Å². The molecule has 0 aliphatic rings. The lowest BCUT2D eigenvalue weighted by atomic mass is 10.1. The lowest BCUT2D eigenvalue weighted by Gasteiger charge is -2.09. The number of rotatable bonds is 6. The quantitative estimate of drug-likeness (QED) is 0.329. The molecule has 0 aromatic heterocycles. The van der Waals surface area contributed by atoms with Crippen molar-refractivity contribution < 1.29 is 4.74 Å². The van der Waals surface area contributed by atoms with E-state index in [0.717, 1.165) is 21.1 Å². The molecule has 4 heteroatoms. The van der Waals surface area contributed by atoms with Crippen molar-refractivity contribution in [2.75, 3.05) is 7.11 Å². The summed E-state index contributed by atoms with van der Waals surface area (Å²) in [5.74, 6) is 0.872. The lowest BCUT2D eigenvalue weighted by molar-refractivity contribution is 0.415. The Balaban J connectivity index is 1.87. The van der Waals surface area contributed by atoms with Gasteiger partial charge in [-0.25, -0.2) is 0 Å². The van der Waals surface area contributed by atoms with Crippen LogP contribution in [0.15, 0.2) is 91.5 Å². The van der Waals surface area contributed by atoms with E-state index in [4.69, 9.17) is 4.74 Å². The molecule has 0 saturated carbocycles. The first-order chi connectivity index (χ1) is 12.6. The number of methoxy groups -OCH3 is 1. The maximum atomic E-state index is 5.25. The van der Waals surface area contributed by atoms with Crippen LogP contribution in [0.25, 0.3) is 6.08 Å². The molecular formula is C22H18Br2OS. The van der Waals surface area contributed by atoms with E-state index in [1.807, 2.05) is 12.1 Å². The van der Waals surface area contributed by atoms with Gasteiger partial charge in [-0.2, -0.15) is 0 Å². The first-order valence-corrected chi connectivity index (χ1v) is 10.5. The molecule has 0 aliphatic carbocycles. The second-order valence-corrected chi connectivity index (χ2v) is 8.77. The second-order valence-electron chi connectivity index (χ2n) is 5.74. The molecule has 0 unspecified atom stereocenters. The molecule has 132 valence electrons. The van der Waals surface area contributed by atoms with Gasteiger partial charge in [0.05, 0.1) is 7.11 Å². The van der Waals surface area contributed by atoms with Gasteiger partial charge in [-0.15, -0.1) is 0 Å². The van der Waals surface area contributed by atoms with Crippen LogP contribution < -0.4 is 4.74 Å². The fraction of sp³-hybridized carbons (Fsp3) is 0.0909. The van der Waals surface area contributed by atoms with Crippen LogP contribution in [0.3, 0.4) is 0 Å². The summed E-state index contributed by atoms with van der Waals surface area (Å²) < 4.78 is 7.45. The van der Waals surface area contributed by atoms with Crippen molar-refractivity contribution in [3.63, 3.8) is 0 Å². The highest BCUT2D eigenvalue weighted by molar-refractivity contribution is 9.10. The average Bonchev–Trinajstić information content (AvgIpc) is 2.66. The summed E-state index contributed by atoms with van der Waals surface area (Å²) in [6, 6.07) is 25.1. The largest absolute Gasteiger partial charge is 0.497 e. The smallest absolute Gasteiger partial charge is 0.118 e. The maximum Gasteiger partial charge on any atom is 0.118 e. The van der Waals surface area contributed by atoms with Crippen LogP contribution >= 0.6 is 43.6 Å². The van der Waals surface area contributed by atoms with Gasteiger partial charge >= 0.3 is 0 Å². The molecule has 0 radical (unpaired) electrons. The van der Waals surface area contributed by atoms with E-state index in [0.29, 0.717) is 0 Å². The van der Waals surface area contributed by atoms with Gasteiger partial charge in [-0.3, -0.25) is 0 Å². The van der Waals surface area contributed by atoms with E-state index in [-0.39, 0.29) is 0 Å². The van der Waals surface area contributed by atoms with Gasteiger partial charge in [0.15, 0.2) is 0 Å². The van der Waals surface area contributed by atoms with Gasteiger partial charge in [-0.1, -0.05) is 67.9 Å². The number of allylic oxidation sites excluding steroid dienone is 1. The van der Waals surface area contributed by atoms with Crippen molar-refractivity contribution in [2.24, 2.45) is 0 Å². The molecule has 0 fully saturated rings. The van der Waals surface area contributed by atoms with Crippen LogP contribution in [0, 0.1) is 0 Å². The van der Waals surface area contributed by atoms with E-state index in [2.05, 4.69) is 98.6 Å². The van der Waals surface area contributed by atoms with Crippen molar-refractivity contribution >= 4 is 49.7 Å². The SMILES string of the molecule is COc1ccc(C=C(Cc2ccc(Br)cc2)Sc2ccc(Br)cc2)cc1. The minimum absolute atomic E-state index is 0.872. The molecule has 0 heterocycles. The monoisotopic (exact) mass is 488 g/mol. The van der Waals surface area contributed by atoms with Gasteiger partial charge in [-0.05, 0) is 70.6 Å². The van der Waals surface area contributed by atoms with E-state index in [1.54, 1.807) is 18.9 Å². The molecule has 3 rings (SSSR count). The molecule has 0 aliphatic heterocycles. The van der Waals surface area contributed by atoms with Crippen molar-refractivity contribution in [3.05, 3.63) is 97.8 Å². The van der Waals surface area contributed by atoms with Gasteiger partial charge in [0.1, 0.15) is 5.75 Å². The minimum Gasteiger partial charge on any atom is -0.497 e. The zero-order valence-electron chi connectivity index (χ0n) is 14.3. The number of benzene rings is 3. The molecule has 0 atom stereocenters. The number of halogens is 2. The average molecular weight is 490 g/mol. The predicted molar refractivity (Wildman–Crippen MR) is 119 cm³/mol. The summed E-state index contributed by atoms with van der Waals surface area (Å²) in [6.45, 7) is 0. The highest BCUT2D eigenvalue weighted by Gasteiger charge is 2.05. The van der Waals surface area contributed by atoms with Crippen molar-refractivity contribution in [1.29, 1.82) is 0 Å². The third-order valence-electron chi connectivity index (χ3n) is 3.80. The van der Waals surface area contributed by atoms with Crippen molar-refractivity contribution in [3.8, 4) is 5.75 Å². The van der Waals surface area contributed by atoms with Crippen LogP contribution in [0.5, 0.6) is 5.75 Å². The Morgan fingerprint density at radius 1 is 0.846 bits per heavy atom. The number of ether oxygens (including phenoxy) is 1. The van der Waals surface area contributed by atoms with Gasteiger partial charge in [0, 0.05) is 20.3 Å². The molecule has 3 aromatic carbocycles. The highest BCUT2D eigenvalue weighted by atomic mass is 79.9. The van der Waals surface area contributed by atoms with E-state index < -0.39 is 0 Å². The Kier molecular flexibility index (Phi) is 7.00. The summed E-state index contributed by atoms with van der Waals surface area (Å²) in [6.07, 6.45) is 3.13. The molecule has 3 aromatic rings. The fourth-order valence-electron chi connectivity index (χ4n) is 2.46. The number of hydrogen-bond donors (Lipinski definition) is 0. The second kappa shape index (κ2) is 9.45. The highest BCUT2D eigenvalue weighted by Crippen LogP contribution is 2.32. The van der Waals surface area contributed by atoms with Crippen LogP contribution in [0.1, 0.15) is 11.1 Å². The first kappa shape index (κ1) is 19.3. The summed E-state index contributed by atoms with van der Waals surface area (Å²) in [5.41, 5.74) is 2.46. The van der Waals surface area contributed by atoms with Gasteiger partial charge < -0.3 is 4.74 Å². The topological polar surface area (TPSA) is 9.23 Å². The van der Waals surface area contributed by atoms with Gasteiger partial charge in [0.25, 0.3) is 0 Å². The maximum absolute atomic E-state index is 5.25. The molecule has 26 heavy (non-hydrogen) atoms. The Bertz CT molecular complexity index is 820. The molecular weight excluding hydrogens is 472 g/mol. The number of thioether (sulfide) groups is 1. The third kappa shape index (κ3) is 5.76. The zero-order valence-corrected chi connectivity index (χ0v) is 18.3. The molecule has 0 spiro atoms. The van der Waals surface area contributed by atoms with E-state index in [1.165, 1.54) is 20.9 Å². The first-order valence-electron chi connectivity index (χ1n) is 8.15. The van der Waals surface area contributed by atoms with Gasteiger partial charge in [0.2, 0.25) is 0 Å². The number of hydrogen-bond acceptors (Lipinski definition) is 2. The standard InChI is InChI=1S/C22H18Br2OS/c1-25-20-10-4-17(5-11-20)15-22(14-16-2-6-18(23)7-3-16)26-21-12-8-19(24)9-13-21/h2-13,15H,14H2,1H3. The van der Waals surface area contributed by atoms with Crippen LogP contribution in [0.4, 0.5) is 0 Å². The zero-order chi connectivity index (χ0) is 18.4. The molecule has 0 bridgehead atoms.